The highest BCUT2D eigenvalue weighted by atomic mass is 79.9. The summed E-state index contributed by atoms with van der Waals surface area (Å²) in [6.45, 7) is 5.16. The molecule has 0 aliphatic carbocycles. The van der Waals surface area contributed by atoms with Gasteiger partial charge in [-0.25, -0.2) is 9.50 Å². The Morgan fingerprint density at radius 1 is 1.27 bits per heavy atom. The summed E-state index contributed by atoms with van der Waals surface area (Å²) in [5, 5.41) is 10.5. The molecule has 0 radical (unpaired) electrons. The summed E-state index contributed by atoms with van der Waals surface area (Å²) in [5.41, 5.74) is -1.12. The third-order valence-corrected chi connectivity index (χ3v) is 5.78. The molecule has 2 amide bonds. The maximum Gasteiger partial charge on any atom is 0.433 e. The number of ether oxygens (including phenoxy) is 1. The van der Waals surface area contributed by atoms with Crippen LogP contribution in [0, 0.1) is 6.92 Å². The molecule has 0 unspecified atom stereocenters. The Balaban J connectivity index is 1.70. The molecule has 3 aromatic rings. The highest BCUT2D eigenvalue weighted by Gasteiger charge is 2.36. The Labute approximate surface area is 193 Å². The molecule has 0 atom stereocenters. The van der Waals surface area contributed by atoms with E-state index in [0.717, 1.165) is 6.07 Å². The van der Waals surface area contributed by atoms with E-state index in [1.165, 1.54) is 17.8 Å². The molecule has 4 heterocycles. The van der Waals surface area contributed by atoms with Gasteiger partial charge in [-0.1, -0.05) is 0 Å². The molecule has 0 bridgehead atoms. The molecular formula is C19H19BrF3N7O3. The van der Waals surface area contributed by atoms with Gasteiger partial charge in [-0.05, 0) is 35.8 Å². The number of hydrogen-bond donors (Lipinski definition) is 1. The van der Waals surface area contributed by atoms with Crippen LogP contribution in [0.2, 0.25) is 0 Å². The van der Waals surface area contributed by atoms with Crippen LogP contribution in [-0.2, 0) is 17.5 Å². The lowest BCUT2D eigenvalue weighted by atomic mass is 10.2. The third-order valence-electron chi connectivity index (χ3n) is 5.05. The van der Waals surface area contributed by atoms with Crippen molar-refractivity contribution >= 4 is 39.1 Å². The van der Waals surface area contributed by atoms with Crippen molar-refractivity contribution in [3.8, 4) is 0 Å². The van der Waals surface area contributed by atoms with E-state index in [4.69, 9.17) is 4.74 Å². The largest absolute Gasteiger partial charge is 0.433 e. The number of aromatic nitrogens is 5. The minimum absolute atomic E-state index is 0.00172. The van der Waals surface area contributed by atoms with E-state index in [2.05, 4.69) is 36.4 Å². The first kappa shape index (κ1) is 23.2. The zero-order valence-corrected chi connectivity index (χ0v) is 19.2. The topological polar surface area (TPSA) is 107 Å². The van der Waals surface area contributed by atoms with Gasteiger partial charge in [-0.3, -0.25) is 14.3 Å². The van der Waals surface area contributed by atoms with Gasteiger partial charge in [-0.2, -0.15) is 23.4 Å². The predicted molar refractivity (Wildman–Crippen MR) is 113 cm³/mol. The first-order chi connectivity index (χ1) is 15.6. The fourth-order valence-corrected chi connectivity index (χ4v) is 4.02. The monoisotopic (exact) mass is 529 g/mol. The molecule has 4 rings (SSSR count). The van der Waals surface area contributed by atoms with Gasteiger partial charge in [0.15, 0.2) is 11.3 Å². The number of carbonyl (C=O) groups excluding carboxylic acids is 2. The van der Waals surface area contributed by atoms with E-state index in [1.54, 1.807) is 11.8 Å². The Bertz CT molecular complexity index is 1230. The van der Waals surface area contributed by atoms with Crippen molar-refractivity contribution in [3.05, 3.63) is 39.5 Å². The molecular weight excluding hydrogens is 511 g/mol. The third kappa shape index (κ3) is 4.31. The van der Waals surface area contributed by atoms with E-state index in [1.807, 2.05) is 0 Å². The van der Waals surface area contributed by atoms with Gasteiger partial charge in [0.05, 0.1) is 29.6 Å². The molecule has 1 aliphatic heterocycles. The van der Waals surface area contributed by atoms with E-state index in [9.17, 15) is 22.8 Å². The molecule has 176 valence electrons. The van der Waals surface area contributed by atoms with Crippen molar-refractivity contribution in [2.24, 2.45) is 0 Å². The SMILES string of the molecule is CCn1ncc(NC(=O)c2nn3c(C(F)(F)F)cc(C)nc3c2Br)c1C(=O)N1CCOCC1. The standard InChI is InChI=1S/C19H19BrF3N7O3/c1-3-29-15(18(32)28-4-6-33-7-5-28)11(9-24-29)26-17(31)14-13(20)16-25-10(2)8-12(19(21,22)23)30(16)27-14/h8-9H,3-7H2,1-2H3,(H,26,31). The number of halogens is 4. The number of alkyl halides is 3. The number of amides is 2. The average Bonchev–Trinajstić information content (AvgIpc) is 3.33. The average molecular weight is 530 g/mol. The fourth-order valence-electron chi connectivity index (χ4n) is 3.50. The van der Waals surface area contributed by atoms with Crippen LogP contribution < -0.4 is 5.32 Å². The first-order valence-corrected chi connectivity index (χ1v) is 10.8. The first-order valence-electron chi connectivity index (χ1n) is 9.99. The minimum atomic E-state index is -4.70. The summed E-state index contributed by atoms with van der Waals surface area (Å²) in [6, 6.07) is 0.846. The second-order valence-corrected chi connectivity index (χ2v) is 8.05. The molecule has 1 N–H and O–H groups in total. The van der Waals surface area contributed by atoms with Crippen LogP contribution in [0.15, 0.2) is 16.7 Å². The van der Waals surface area contributed by atoms with Crippen molar-refractivity contribution in [3.63, 3.8) is 0 Å². The molecule has 0 spiro atoms. The van der Waals surface area contributed by atoms with Crippen LogP contribution in [0.5, 0.6) is 0 Å². The molecule has 0 aromatic carbocycles. The molecule has 1 fully saturated rings. The van der Waals surface area contributed by atoms with Gasteiger partial charge in [-0.15, -0.1) is 0 Å². The van der Waals surface area contributed by atoms with Crippen LogP contribution in [0.3, 0.4) is 0 Å². The Hall–Kier alpha value is -3.00. The number of fused-ring (bicyclic) bond motifs is 1. The van der Waals surface area contributed by atoms with Crippen molar-refractivity contribution in [1.82, 2.24) is 29.3 Å². The summed E-state index contributed by atoms with van der Waals surface area (Å²) < 4.78 is 47.7. The lowest BCUT2D eigenvalue weighted by molar-refractivity contribution is -0.142. The van der Waals surface area contributed by atoms with Crippen LogP contribution >= 0.6 is 15.9 Å². The number of anilines is 1. The van der Waals surface area contributed by atoms with E-state index in [-0.39, 0.29) is 38.8 Å². The normalized spacial score (nSPS) is 14.7. The summed E-state index contributed by atoms with van der Waals surface area (Å²) in [4.78, 5) is 31.7. The maximum atomic E-state index is 13.5. The van der Waals surface area contributed by atoms with E-state index in [0.29, 0.717) is 37.4 Å². The lowest BCUT2D eigenvalue weighted by Crippen LogP contribution is -2.41. The highest BCUT2D eigenvalue weighted by molar-refractivity contribution is 9.10. The fraction of sp³-hybridized carbons (Fsp3) is 0.421. The quantitative estimate of drug-likeness (QED) is 0.556. The number of morpholine rings is 1. The molecule has 1 saturated heterocycles. The second kappa shape index (κ2) is 8.74. The lowest BCUT2D eigenvalue weighted by Gasteiger charge is -2.27. The van der Waals surface area contributed by atoms with Gasteiger partial charge < -0.3 is 15.0 Å². The van der Waals surface area contributed by atoms with Crippen LogP contribution in [0.25, 0.3) is 5.65 Å². The van der Waals surface area contributed by atoms with Crippen molar-refractivity contribution in [1.29, 1.82) is 0 Å². The van der Waals surface area contributed by atoms with Crippen LogP contribution in [-0.4, -0.2) is 67.4 Å². The second-order valence-electron chi connectivity index (χ2n) is 7.26. The van der Waals surface area contributed by atoms with Crippen molar-refractivity contribution < 1.29 is 27.5 Å². The number of rotatable bonds is 4. The zero-order chi connectivity index (χ0) is 23.9. The molecule has 3 aromatic heterocycles. The van der Waals surface area contributed by atoms with E-state index >= 15 is 0 Å². The summed E-state index contributed by atoms with van der Waals surface area (Å²) in [6.07, 6.45) is -3.38. The molecule has 0 saturated carbocycles. The summed E-state index contributed by atoms with van der Waals surface area (Å²) >= 11 is 3.15. The minimum Gasteiger partial charge on any atom is -0.378 e. The Morgan fingerprint density at radius 3 is 2.61 bits per heavy atom. The summed E-state index contributed by atoms with van der Waals surface area (Å²) in [5.74, 6) is -1.15. The predicted octanol–water partition coefficient (Wildman–Crippen LogP) is 2.76. The van der Waals surface area contributed by atoms with Crippen LogP contribution in [0.4, 0.5) is 18.9 Å². The van der Waals surface area contributed by atoms with Crippen molar-refractivity contribution in [2.45, 2.75) is 26.6 Å². The van der Waals surface area contributed by atoms with Gasteiger partial charge >= 0.3 is 6.18 Å². The van der Waals surface area contributed by atoms with Gasteiger partial charge in [0.2, 0.25) is 0 Å². The van der Waals surface area contributed by atoms with Gasteiger partial charge in [0.25, 0.3) is 11.8 Å². The summed E-state index contributed by atoms with van der Waals surface area (Å²) in [7, 11) is 0. The number of hydrogen-bond acceptors (Lipinski definition) is 6. The molecule has 33 heavy (non-hydrogen) atoms. The van der Waals surface area contributed by atoms with Gasteiger partial charge in [0, 0.05) is 25.3 Å². The molecule has 10 nitrogen and oxygen atoms in total. The van der Waals surface area contributed by atoms with Crippen LogP contribution in [0.1, 0.15) is 39.3 Å². The number of nitrogens with one attached hydrogen (secondary N) is 1. The zero-order valence-electron chi connectivity index (χ0n) is 17.6. The van der Waals surface area contributed by atoms with Gasteiger partial charge in [0.1, 0.15) is 11.4 Å². The Morgan fingerprint density at radius 2 is 1.97 bits per heavy atom. The molecule has 1 aliphatic rings. The van der Waals surface area contributed by atoms with E-state index < -0.39 is 17.8 Å². The molecule has 14 heteroatoms. The highest BCUT2D eigenvalue weighted by Crippen LogP contribution is 2.32. The van der Waals surface area contributed by atoms with Crippen molar-refractivity contribution in [2.75, 3.05) is 31.6 Å². The number of nitrogens with zero attached hydrogens (tertiary/aromatic N) is 6. The smallest absolute Gasteiger partial charge is 0.378 e. The Kier molecular flexibility index (Phi) is 6.14. The number of carbonyl (C=O) groups is 2. The number of aryl methyl sites for hydroxylation is 2. The maximum absolute atomic E-state index is 13.5.